The first-order valence-electron chi connectivity index (χ1n) is 7.46. The van der Waals surface area contributed by atoms with Crippen LogP contribution in [-0.2, 0) is 0 Å². The molecule has 130 valence electrons. The van der Waals surface area contributed by atoms with Crippen molar-refractivity contribution >= 4 is 29.1 Å². The van der Waals surface area contributed by atoms with Gasteiger partial charge in [0.05, 0.1) is 23.9 Å². The summed E-state index contributed by atoms with van der Waals surface area (Å²) in [5, 5.41) is 5.92. The number of nitrogens with zero attached hydrogens (tertiary/aromatic N) is 1. The molecule has 1 heterocycles. The van der Waals surface area contributed by atoms with Crippen molar-refractivity contribution < 1.29 is 14.3 Å². The van der Waals surface area contributed by atoms with Gasteiger partial charge in [-0.05, 0) is 24.6 Å². The molecule has 2 amide bonds. The van der Waals surface area contributed by atoms with Gasteiger partial charge < -0.3 is 15.4 Å². The van der Waals surface area contributed by atoms with Crippen molar-refractivity contribution in [2.24, 2.45) is 0 Å². The lowest BCUT2D eigenvalue weighted by Crippen LogP contribution is -2.24. The number of pyridine rings is 1. The summed E-state index contributed by atoms with van der Waals surface area (Å²) in [5.41, 5.74) is 1.82. The number of carbonyl (C=O) groups is 2. The van der Waals surface area contributed by atoms with Crippen LogP contribution in [0.15, 0.2) is 43.2 Å². The molecule has 1 aromatic heterocycles. The smallest absolute Gasteiger partial charge is 0.257 e. The standard InChI is InChI=1S/C18H18ClN3O3/c1-4-5-21-17(23)12-7-13(10-20-9-12)18(24)22-15-6-11(2)14(19)8-16(15)25-3/h4,6-10H,1,5H2,2-3H3,(H,21,23)(H,22,24). The van der Waals surface area contributed by atoms with Crippen LogP contribution in [0, 0.1) is 6.92 Å². The summed E-state index contributed by atoms with van der Waals surface area (Å²) in [6, 6.07) is 4.81. The molecule has 25 heavy (non-hydrogen) atoms. The van der Waals surface area contributed by atoms with E-state index in [-0.39, 0.29) is 17.0 Å². The zero-order valence-electron chi connectivity index (χ0n) is 13.9. The normalized spacial score (nSPS) is 10.0. The number of aromatic nitrogens is 1. The van der Waals surface area contributed by atoms with Crippen LogP contribution in [0.1, 0.15) is 26.3 Å². The van der Waals surface area contributed by atoms with Gasteiger partial charge in [-0.3, -0.25) is 14.6 Å². The Hall–Kier alpha value is -2.86. The van der Waals surface area contributed by atoms with Gasteiger partial charge in [-0.1, -0.05) is 17.7 Å². The summed E-state index contributed by atoms with van der Waals surface area (Å²) in [4.78, 5) is 28.4. The maximum Gasteiger partial charge on any atom is 0.257 e. The van der Waals surface area contributed by atoms with Crippen molar-refractivity contribution in [3.8, 4) is 5.75 Å². The largest absolute Gasteiger partial charge is 0.495 e. The molecular weight excluding hydrogens is 342 g/mol. The van der Waals surface area contributed by atoms with Crippen LogP contribution >= 0.6 is 11.6 Å². The lowest BCUT2D eigenvalue weighted by Gasteiger charge is -2.12. The first kappa shape index (κ1) is 18.5. The van der Waals surface area contributed by atoms with Crippen LogP contribution < -0.4 is 15.4 Å². The molecule has 0 fully saturated rings. The third kappa shape index (κ3) is 4.58. The number of methoxy groups -OCH3 is 1. The average Bonchev–Trinajstić information content (AvgIpc) is 2.62. The van der Waals surface area contributed by atoms with E-state index in [2.05, 4.69) is 22.2 Å². The van der Waals surface area contributed by atoms with E-state index in [0.29, 0.717) is 23.0 Å². The van der Waals surface area contributed by atoms with Crippen molar-refractivity contribution in [1.29, 1.82) is 0 Å². The van der Waals surface area contributed by atoms with Crippen LogP contribution in [-0.4, -0.2) is 30.5 Å². The highest BCUT2D eigenvalue weighted by atomic mass is 35.5. The first-order chi connectivity index (χ1) is 12.0. The van der Waals surface area contributed by atoms with Gasteiger partial charge in [0.2, 0.25) is 0 Å². The Morgan fingerprint density at radius 2 is 1.92 bits per heavy atom. The number of benzene rings is 1. The molecule has 0 aliphatic rings. The monoisotopic (exact) mass is 359 g/mol. The molecule has 2 aromatic rings. The topological polar surface area (TPSA) is 80.3 Å². The molecule has 7 heteroatoms. The van der Waals surface area contributed by atoms with E-state index in [1.54, 1.807) is 18.2 Å². The van der Waals surface area contributed by atoms with E-state index in [4.69, 9.17) is 16.3 Å². The van der Waals surface area contributed by atoms with Gasteiger partial charge in [0.1, 0.15) is 5.75 Å². The van der Waals surface area contributed by atoms with Gasteiger partial charge in [0, 0.05) is 30.0 Å². The Kier molecular flexibility index (Phi) is 6.14. The van der Waals surface area contributed by atoms with Crippen molar-refractivity contribution in [3.05, 3.63) is 65.0 Å². The van der Waals surface area contributed by atoms with Crippen molar-refractivity contribution in [2.45, 2.75) is 6.92 Å². The minimum absolute atomic E-state index is 0.251. The lowest BCUT2D eigenvalue weighted by molar-refractivity contribution is 0.0957. The zero-order valence-corrected chi connectivity index (χ0v) is 14.7. The molecule has 0 saturated heterocycles. The number of carbonyl (C=O) groups excluding carboxylic acids is 2. The molecule has 0 radical (unpaired) electrons. The summed E-state index contributed by atoms with van der Waals surface area (Å²) >= 11 is 6.06. The van der Waals surface area contributed by atoms with Crippen LogP contribution in [0.25, 0.3) is 0 Å². The third-order valence-corrected chi connectivity index (χ3v) is 3.81. The number of ether oxygens (including phenoxy) is 1. The molecule has 2 rings (SSSR count). The number of nitrogens with one attached hydrogen (secondary N) is 2. The van der Waals surface area contributed by atoms with E-state index in [0.717, 1.165) is 5.56 Å². The molecule has 0 bridgehead atoms. The third-order valence-electron chi connectivity index (χ3n) is 3.40. The lowest BCUT2D eigenvalue weighted by atomic mass is 10.1. The SMILES string of the molecule is C=CCNC(=O)c1cncc(C(=O)Nc2cc(C)c(Cl)cc2OC)c1. The van der Waals surface area contributed by atoms with Crippen LogP contribution in [0.5, 0.6) is 5.75 Å². The maximum atomic E-state index is 12.5. The fraction of sp³-hybridized carbons (Fsp3) is 0.167. The van der Waals surface area contributed by atoms with Crippen LogP contribution in [0.3, 0.4) is 0 Å². The molecule has 0 aliphatic heterocycles. The minimum atomic E-state index is -0.411. The molecule has 1 aromatic carbocycles. The van der Waals surface area contributed by atoms with E-state index in [9.17, 15) is 9.59 Å². The van der Waals surface area contributed by atoms with Gasteiger partial charge in [-0.25, -0.2) is 0 Å². The molecular formula is C18H18ClN3O3. The van der Waals surface area contributed by atoms with E-state index >= 15 is 0 Å². The van der Waals surface area contributed by atoms with Crippen LogP contribution in [0.4, 0.5) is 5.69 Å². The minimum Gasteiger partial charge on any atom is -0.495 e. The molecule has 0 spiro atoms. The summed E-state index contributed by atoms with van der Waals surface area (Å²) < 4.78 is 5.24. The fourth-order valence-corrected chi connectivity index (χ4v) is 2.23. The summed E-state index contributed by atoms with van der Waals surface area (Å²) in [7, 11) is 1.49. The van der Waals surface area contributed by atoms with E-state index < -0.39 is 5.91 Å². The maximum absolute atomic E-state index is 12.5. The second-order valence-corrected chi connectivity index (χ2v) is 5.62. The molecule has 6 nitrogen and oxygen atoms in total. The van der Waals surface area contributed by atoms with Gasteiger partial charge in [0.15, 0.2) is 0 Å². The summed E-state index contributed by atoms with van der Waals surface area (Å²) in [6.45, 7) is 5.69. The highest BCUT2D eigenvalue weighted by Gasteiger charge is 2.14. The number of amides is 2. The fourth-order valence-electron chi connectivity index (χ4n) is 2.08. The Balaban J connectivity index is 2.23. The highest BCUT2D eigenvalue weighted by Crippen LogP contribution is 2.31. The van der Waals surface area contributed by atoms with Gasteiger partial charge in [-0.15, -0.1) is 6.58 Å². The molecule has 0 saturated carbocycles. The highest BCUT2D eigenvalue weighted by molar-refractivity contribution is 6.31. The average molecular weight is 360 g/mol. The second-order valence-electron chi connectivity index (χ2n) is 5.22. The number of halogens is 1. The predicted molar refractivity (Wildman–Crippen MR) is 97.5 cm³/mol. The summed E-state index contributed by atoms with van der Waals surface area (Å²) in [5.74, 6) is -0.301. The van der Waals surface area contributed by atoms with Crippen molar-refractivity contribution in [3.63, 3.8) is 0 Å². The molecule has 0 unspecified atom stereocenters. The Morgan fingerprint density at radius 1 is 1.24 bits per heavy atom. The van der Waals surface area contributed by atoms with Crippen LogP contribution in [0.2, 0.25) is 5.02 Å². The summed E-state index contributed by atoms with van der Waals surface area (Å²) in [6.07, 6.45) is 4.34. The first-order valence-corrected chi connectivity index (χ1v) is 7.83. The molecule has 0 atom stereocenters. The Morgan fingerprint density at radius 3 is 2.56 bits per heavy atom. The number of hydrogen-bond donors (Lipinski definition) is 2. The van der Waals surface area contributed by atoms with E-state index in [1.807, 2.05) is 6.92 Å². The zero-order chi connectivity index (χ0) is 18.4. The quantitative estimate of drug-likeness (QED) is 0.776. The van der Waals surface area contributed by atoms with Crippen molar-refractivity contribution in [2.75, 3.05) is 19.0 Å². The second kappa shape index (κ2) is 8.30. The van der Waals surface area contributed by atoms with Gasteiger partial charge in [-0.2, -0.15) is 0 Å². The number of hydrogen-bond acceptors (Lipinski definition) is 4. The Labute approximate surface area is 150 Å². The van der Waals surface area contributed by atoms with E-state index in [1.165, 1.54) is 25.6 Å². The Bertz CT molecular complexity index is 821. The predicted octanol–water partition coefficient (Wildman–Crippen LogP) is 3.22. The number of aryl methyl sites for hydroxylation is 1. The number of rotatable bonds is 6. The number of anilines is 1. The van der Waals surface area contributed by atoms with Gasteiger partial charge in [0.25, 0.3) is 11.8 Å². The van der Waals surface area contributed by atoms with Crippen molar-refractivity contribution in [1.82, 2.24) is 10.3 Å². The molecule has 2 N–H and O–H groups in total. The molecule has 0 aliphatic carbocycles. The van der Waals surface area contributed by atoms with Gasteiger partial charge >= 0.3 is 0 Å².